The first-order chi connectivity index (χ1) is 17.5. The maximum atomic E-state index is 13.4. The van der Waals surface area contributed by atoms with Gasteiger partial charge in [0.25, 0.3) is 0 Å². The molecule has 3 aromatic carbocycles. The number of carbonyl (C=O) groups is 1. The third kappa shape index (κ3) is 5.55. The largest absolute Gasteiger partial charge is 0.478 e. The Morgan fingerprint density at radius 1 is 1.00 bits per heavy atom. The fraction of sp³-hybridized carbons (Fsp3) is 0.250. The summed E-state index contributed by atoms with van der Waals surface area (Å²) >= 11 is 0. The molecule has 0 aliphatic heterocycles. The molecule has 8 heteroatoms. The highest BCUT2D eigenvalue weighted by atomic mass is 16.5. The molecule has 36 heavy (non-hydrogen) atoms. The van der Waals surface area contributed by atoms with Gasteiger partial charge in [0, 0.05) is 17.5 Å². The van der Waals surface area contributed by atoms with Gasteiger partial charge in [0.1, 0.15) is 11.6 Å². The number of aliphatic carboxylic acids is 1. The average Bonchev–Trinajstić information content (AvgIpc) is 3.21. The molecule has 0 bridgehead atoms. The third-order valence-corrected chi connectivity index (χ3v) is 5.93. The molecule has 1 aromatic heterocycles. The zero-order valence-electron chi connectivity index (χ0n) is 20.1. The van der Waals surface area contributed by atoms with Gasteiger partial charge < -0.3 is 14.9 Å². The first kappa shape index (κ1) is 24.9. The summed E-state index contributed by atoms with van der Waals surface area (Å²) in [6.07, 6.45) is 1.39. The molecule has 0 amide bonds. The van der Waals surface area contributed by atoms with E-state index in [0.29, 0.717) is 41.4 Å². The van der Waals surface area contributed by atoms with E-state index in [9.17, 15) is 19.8 Å². The molecule has 0 aliphatic carbocycles. The first-order valence-corrected chi connectivity index (χ1v) is 11.9. The molecule has 0 aliphatic rings. The average molecular weight is 488 g/mol. The lowest BCUT2D eigenvalue weighted by atomic mass is 10.1. The minimum absolute atomic E-state index is 0.193. The van der Waals surface area contributed by atoms with Gasteiger partial charge in [-0.3, -0.25) is 4.57 Å². The minimum atomic E-state index is -1.12. The summed E-state index contributed by atoms with van der Waals surface area (Å²) in [7, 11) is 0. The zero-order chi connectivity index (χ0) is 25.5. The number of aliphatic hydroxyl groups is 1. The van der Waals surface area contributed by atoms with Crippen LogP contribution in [-0.2, 0) is 24.4 Å². The number of para-hydroxylation sites is 1. The fourth-order valence-corrected chi connectivity index (χ4v) is 4.00. The van der Waals surface area contributed by atoms with Gasteiger partial charge in [-0.2, -0.15) is 4.68 Å². The summed E-state index contributed by atoms with van der Waals surface area (Å²) in [5, 5.41) is 23.9. The standard InChI is InChI=1S/C28H29N3O5/c1-2-3-13-25-29-31(24-12-8-7-11-22(24)19-32)28(35)30(25)18-20-14-16-23(17-15-20)36-26(27(33)34)21-9-5-4-6-10-21/h4-12,14-17,26,32H,2-3,13,18-19H2,1H3,(H,33,34). The second kappa shape index (κ2) is 11.5. The van der Waals surface area contributed by atoms with E-state index in [0.717, 1.165) is 18.4 Å². The van der Waals surface area contributed by atoms with Gasteiger partial charge in [-0.25, -0.2) is 9.59 Å². The van der Waals surface area contributed by atoms with Crippen LogP contribution in [0.4, 0.5) is 0 Å². The Kier molecular flexibility index (Phi) is 7.97. The van der Waals surface area contributed by atoms with E-state index in [-0.39, 0.29) is 12.3 Å². The Labute approximate surface area is 209 Å². The van der Waals surface area contributed by atoms with Gasteiger partial charge >= 0.3 is 11.7 Å². The van der Waals surface area contributed by atoms with Crippen molar-refractivity contribution in [3.63, 3.8) is 0 Å². The van der Waals surface area contributed by atoms with Crippen LogP contribution in [0, 0.1) is 0 Å². The van der Waals surface area contributed by atoms with Crippen molar-refractivity contribution in [1.82, 2.24) is 14.3 Å². The maximum Gasteiger partial charge on any atom is 0.351 e. The number of benzene rings is 3. The second-order valence-electron chi connectivity index (χ2n) is 8.48. The van der Waals surface area contributed by atoms with Crippen LogP contribution in [-0.4, -0.2) is 30.5 Å². The van der Waals surface area contributed by atoms with E-state index >= 15 is 0 Å². The molecular weight excluding hydrogens is 458 g/mol. The lowest BCUT2D eigenvalue weighted by molar-refractivity contribution is -0.145. The van der Waals surface area contributed by atoms with Gasteiger partial charge in [0.05, 0.1) is 18.8 Å². The van der Waals surface area contributed by atoms with Crippen molar-refractivity contribution in [3.8, 4) is 11.4 Å². The van der Waals surface area contributed by atoms with Gasteiger partial charge in [-0.15, -0.1) is 5.10 Å². The van der Waals surface area contributed by atoms with E-state index in [4.69, 9.17) is 4.74 Å². The van der Waals surface area contributed by atoms with E-state index in [1.54, 1.807) is 53.1 Å². The molecule has 1 atom stereocenters. The highest BCUT2D eigenvalue weighted by molar-refractivity contribution is 5.74. The number of nitrogens with zero attached hydrogens (tertiary/aromatic N) is 3. The molecule has 1 unspecified atom stereocenters. The lowest BCUT2D eigenvalue weighted by Crippen LogP contribution is -2.25. The van der Waals surface area contributed by atoms with Crippen LogP contribution in [0.5, 0.6) is 5.75 Å². The molecule has 0 radical (unpaired) electrons. The maximum absolute atomic E-state index is 13.4. The smallest absolute Gasteiger partial charge is 0.351 e. The number of unbranched alkanes of at least 4 members (excludes halogenated alkanes) is 1. The molecule has 4 rings (SSSR count). The van der Waals surface area contributed by atoms with Crippen LogP contribution in [0.1, 0.15) is 48.4 Å². The first-order valence-electron chi connectivity index (χ1n) is 11.9. The Morgan fingerprint density at radius 2 is 1.69 bits per heavy atom. The number of aryl methyl sites for hydroxylation is 1. The summed E-state index contributed by atoms with van der Waals surface area (Å²) in [6, 6.07) is 23.0. The summed E-state index contributed by atoms with van der Waals surface area (Å²) in [5.41, 5.74) is 2.31. The van der Waals surface area contributed by atoms with Gasteiger partial charge in [-0.1, -0.05) is 74.0 Å². The van der Waals surface area contributed by atoms with E-state index in [1.165, 1.54) is 4.68 Å². The summed E-state index contributed by atoms with van der Waals surface area (Å²) in [6.45, 7) is 2.20. The van der Waals surface area contributed by atoms with Crippen molar-refractivity contribution >= 4 is 5.97 Å². The van der Waals surface area contributed by atoms with Crippen molar-refractivity contribution in [2.75, 3.05) is 0 Å². The number of carboxylic acids is 1. The van der Waals surface area contributed by atoms with Crippen LogP contribution in [0.15, 0.2) is 83.7 Å². The predicted molar refractivity (Wildman–Crippen MR) is 135 cm³/mol. The predicted octanol–water partition coefficient (Wildman–Crippen LogP) is 4.12. The van der Waals surface area contributed by atoms with Crippen LogP contribution in [0.25, 0.3) is 5.69 Å². The number of ether oxygens (including phenoxy) is 1. The van der Waals surface area contributed by atoms with Crippen molar-refractivity contribution < 1.29 is 19.7 Å². The number of aromatic nitrogens is 3. The molecule has 0 spiro atoms. The van der Waals surface area contributed by atoms with E-state index in [2.05, 4.69) is 12.0 Å². The highest BCUT2D eigenvalue weighted by Gasteiger charge is 2.22. The normalized spacial score (nSPS) is 11.8. The Hall–Kier alpha value is -4.17. The van der Waals surface area contributed by atoms with Crippen LogP contribution >= 0.6 is 0 Å². The molecule has 0 saturated heterocycles. The molecular formula is C28H29N3O5. The quantitative estimate of drug-likeness (QED) is 0.330. The van der Waals surface area contributed by atoms with Crippen LogP contribution in [0.2, 0.25) is 0 Å². The third-order valence-electron chi connectivity index (χ3n) is 5.93. The van der Waals surface area contributed by atoms with Crippen LogP contribution < -0.4 is 10.4 Å². The number of rotatable bonds is 11. The molecule has 4 aromatic rings. The van der Waals surface area contributed by atoms with Gasteiger partial charge in [0.2, 0.25) is 6.10 Å². The van der Waals surface area contributed by atoms with E-state index < -0.39 is 12.1 Å². The zero-order valence-corrected chi connectivity index (χ0v) is 20.1. The molecule has 0 fully saturated rings. The summed E-state index contributed by atoms with van der Waals surface area (Å²) in [4.78, 5) is 25.1. The SMILES string of the molecule is CCCCc1nn(-c2ccccc2CO)c(=O)n1Cc1ccc(OC(C(=O)O)c2ccccc2)cc1. The van der Waals surface area contributed by atoms with Crippen LogP contribution in [0.3, 0.4) is 0 Å². The Morgan fingerprint density at radius 3 is 2.36 bits per heavy atom. The molecule has 0 saturated carbocycles. The van der Waals surface area contributed by atoms with Gasteiger partial charge in [0.15, 0.2) is 0 Å². The highest BCUT2D eigenvalue weighted by Crippen LogP contribution is 2.23. The van der Waals surface area contributed by atoms with Gasteiger partial charge in [-0.05, 0) is 30.2 Å². The van der Waals surface area contributed by atoms with Crippen molar-refractivity contribution in [2.24, 2.45) is 0 Å². The molecule has 8 nitrogen and oxygen atoms in total. The number of carboxylic acid groups (broad SMARTS) is 1. The Balaban J connectivity index is 1.60. The van der Waals surface area contributed by atoms with Crippen molar-refractivity contribution in [3.05, 3.63) is 112 Å². The number of hydrogen-bond acceptors (Lipinski definition) is 5. The topological polar surface area (TPSA) is 107 Å². The number of aliphatic hydroxyl groups excluding tert-OH is 1. The molecule has 2 N–H and O–H groups in total. The monoisotopic (exact) mass is 487 g/mol. The van der Waals surface area contributed by atoms with Crippen molar-refractivity contribution in [2.45, 2.75) is 45.4 Å². The fourth-order valence-electron chi connectivity index (χ4n) is 4.00. The number of hydrogen-bond donors (Lipinski definition) is 2. The van der Waals surface area contributed by atoms with E-state index in [1.807, 2.05) is 30.3 Å². The lowest BCUT2D eigenvalue weighted by Gasteiger charge is -2.16. The molecule has 186 valence electrons. The summed E-state index contributed by atoms with van der Waals surface area (Å²) in [5.74, 6) is 0.0130. The van der Waals surface area contributed by atoms with Crippen molar-refractivity contribution in [1.29, 1.82) is 0 Å². The second-order valence-corrected chi connectivity index (χ2v) is 8.48. The summed E-state index contributed by atoms with van der Waals surface area (Å²) < 4.78 is 8.74. The Bertz CT molecular complexity index is 1360. The molecule has 1 heterocycles. The minimum Gasteiger partial charge on any atom is -0.478 e.